The van der Waals surface area contributed by atoms with Gasteiger partial charge >= 0.3 is 7.60 Å². The Kier molecular flexibility index (Phi) is 5.40. The summed E-state index contributed by atoms with van der Waals surface area (Å²) in [5.74, 6) is 1.05. The molecule has 19 heavy (non-hydrogen) atoms. The summed E-state index contributed by atoms with van der Waals surface area (Å²) in [5.41, 5.74) is 0. The molecule has 1 aromatic rings. The Hall–Kier alpha value is -1.04. The summed E-state index contributed by atoms with van der Waals surface area (Å²) in [7, 11) is -0.730. The first-order valence-electron chi connectivity index (χ1n) is 5.62. The third-order valence-electron chi connectivity index (χ3n) is 2.26. The molecule has 1 atom stereocenters. The third-order valence-corrected chi connectivity index (χ3v) is 4.61. The van der Waals surface area contributed by atoms with E-state index in [1.807, 2.05) is 13.8 Å². The van der Waals surface area contributed by atoms with Gasteiger partial charge in [0.05, 0.1) is 13.2 Å². The van der Waals surface area contributed by atoms with E-state index >= 15 is 0 Å². The van der Waals surface area contributed by atoms with Crippen LogP contribution in [0, 0.1) is 0 Å². The van der Waals surface area contributed by atoms with Gasteiger partial charge in [-0.3, -0.25) is 4.52 Å². The molecule has 106 valence electrons. The van der Waals surface area contributed by atoms with Gasteiger partial charge in [0.2, 0.25) is 11.8 Å². The predicted molar refractivity (Wildman–Crippen MR) is 76.2 cm³/mol. The highest BCUT2D eigenvalue weighted by Gasteiger charge is 2.29. The van der Waals surface area contributed by atoms with Crippen molar-refractivity contribution in [3.05, 3.63) is 11.9 Å². The Morgan fingerprint density at radius 2 is 1.89 bits per heavy atom. The van der Waals surface area contributed by atoms with Crippen molar-refractivity contribution in [3.8, 4) is 11.8 Å². The van der Waals surface area contributed by atoms with E-state index in [-0.39, 0.29) is 16.4 Å². The Bertz CT molecular complexity index is 521. The zero-order valence-corrected chi connectivity index (χ0v) is 13.2. The molecule has 0 fully saturated rings. The van der Waals surface area contributed by atoms with Gasteiger partial charge in [0.15, 0.2) is 0 Å². The summed E-state index contributed by atoms with van der Waals surface area (Å²) in [4.78, 5) is 8.35. The summed E-state index contributed by atoms with van der Waals surface area (Å²) < 4.78 is 27.6. The first-order valence-corrected chi connectivity index (χ1v) is 7.57. The van der Waals surface area contributed by atoms with Crippen LogP contribution in [0.5, 0.6) is 11.8 Å². The van der Waals surface area contributed by atoms with Gasteiger partial charge in [-0.15, -0.1) is 0 Å². The van der Waals surface area contributed by atoms with Crippen LogP contribution in [-0.2, 0) is 9.09 Å². The van der Waals surface area contributed by atoms with Crippen LogP contribution in [0.25, 0.3) is 0 Å². The second kappa shape index (κ2) is 6.41. The van der Waals surface area contributed by atoms with Gasteiger partial charge in [-0.05, 0) is 6.92 Å². The highest BCUT2D eigenvalue weighted by Crippen LogP contribution is 2.48. The molecule has 1 heterocycles. The molecule has 0 N–H and O–H groups in total. The lowest BCUT2D eigenvalue weighted by atomic mass is 10.2. The molecule has 0 radical (unpaired) electrons. The molecule has 0 bridgehead atoms. The number of nitrogens with zero attached hydrogens (tertiary/aromatic N) is 2. The molecule has 1 unspecified atom stereocenters. The van der Waals surface area contributed by atoms with E-state index in [4.69, 9.17) is 26.0 Å². The molecule has 0 aliphatic carbocycles. The fourth-order valence-electron chi connectivity index (χ4n) is 1.18. The standard InChI is InChI=1S/C11H17N2O4PS/c1-7(2)11-12-9(15-4)6-10(13-11)17-18(14,16-5)8(3)19/h6-7H,1-5H3. The summed E-state index contributed by atoms with van der Waals surface area (Å²) in [6.45, 7) is 5.36. The lowest BCUT2D eigenvalue weighted by molar-refractivity contribution is 0.330. The molecule has 1 aromatic heterocycles. The molecule has 1 rings (SSSR count). The van der Waals surface area contributed by atoms with Crippen LogP contribution in [0.2, 0.25) is 0 Å². The molecule has 0 aliphatic rings. The van der Waals surface area contributed by atoms with Crippen molar-refractivity contribution in [2.45, 2.75) is 26.7 Å². The Morgan fingerprint density at radius 3 is 2.32 bits per heavy atom. The first kappa shape index (κ1) is 16.0. The van der Waals surface area contributed by atoms with Crippen molar-refractivity contribution in [2.24, 2.45) is 0 Å². The lowest BCUT2D eigenvalue weighted by Gasteiger charge is -2.16. The minimum Gasteiger partial charge on any atom is -0.481 e. The summed E-state index contributed by atoms with van der Waals surface area (Å²) in [6.07, 6.45) is 0. The monoisotopic (exact) mass is 304 g/mol. The van der Waals surface area contributed by atoms with Gasteiger partial charge in [0.25, 0.3) is 0 Å². The minimum atomic E-state index is -3.49. The van der Waals surface area contributed by atoms with E-state index in [1.54, 1.807) is 0 Å². The van der Waals surface area contributed by atoms with Gasteiger partial charge in [0, 0.05) is 13.0 Å². The fraction of sp³-hybridized carbons (Fsp3) is 0.545. The van der Waals surface area contributed by atoms with Crippen molar-refractivity contribution in [1.29, 1.82) is 0 Å². The van der Waals surface area contributed by atoms with Crippen molar-refractivity contribution in [3.63, 3.8) is 0 Å². The van der Waals surface area contributed by atoms with Crippen LogP contribution >= 0.6 is 19.8 Å². The highest BCUT2D eigenvalue weighted by atomic mass is 32.1. The maximum Gasteiger partial charge on any atom is 0.418 e. The van der Waals surface area contributed by atoms with Crippen molar-refractivity contribution >= 4 is 24.4 Å². The molecule has 0 amide bonds. The van der Waals surface area contributed by atoms with Crippen molar-refractivity contribution in [2.75, 3.05) is 14.2 Å². The average Bonchev–Trinajstić information content (AvgIpc) is 2.37. The highest BCUT2D eigenvalue weighted by molar-refractivity contribution is 7.97. The predicted octanol–water partition coefficient (Wildman–Crippen LogP) is 3.17. The van der Waals surface area contributed by atoms with Gasteiger partial charge in [-0.1, -0.05) is 26.1 Å². The third kappa shape index (κ3) is 3.96. The van der Waals surface area contributed by atoms with Gasteiger partial charge in [-0.25, -0.2) is 4.57 Å². The molecule has 8 heteroatoms. The summed E-state index contributed by atoms with van der Waals surface area (Å²) in [6, 6.07) is 1.44. The maximum absolute atomic E-state index is 12.2. The van der Waals surface area contributed by atoms with Crippen molar-refractivity contribution < 1.29 is 18.3 Å². The Balaban J connectivity index is 3.17. The van der Waals surface area contributed by atoms with Crippen LogP contribution in [0.15, 0.2) is 6.07 Å². The minimum absolute atomic E-state index is 0.0768. The van der Waals surface area contributed by atoms with Crippen LogP contribution in [0.4, 0.5) is 0 Å². The zero-order valence-electron chi connectivity index (χ0n) is 11.5. The van der Waals surface area contributed by atoms with E-state index in [1.165, 1.54) is 27.2 Å². The second-order valence-corrected chi connectivity index (χ2v) is 7.18. The van der Waals surface area contributed by atoms with Gasteiger partial charge < -0.3 is 9.26 Å². The number of thiocarbonyl (C=S) groups is 1. The molecule has 0 aliphatic heterocycles. The number of methoxy groups -OCH3 is 1. The van der Waals surface area contributed by atoms with Crippen molar-refractivity contribution in [1.82, 2.24) is 9.97 Å². The SMILES string of the molecule is COc1cc(OP(=O)(OC)C(C)=S)nc(C(C)C)n1. The van der Waals surface area contributed by atoms with E-state index in [0.29, 0.717) is 11.7 Å². The largest absolute Gasteiger partial charge is 0.481 e. The fourth-order valence-corrected chi connectivity index (χ4v) is 2.32. The Morgan fingerprint density at radius 1 is 1.32 bits per heavy atom. The van der Waals surface area contributed by atoms with Crippen LogP contribution < -0.4 is 9.26 Å². The number of rotatable bonds is 6. The van der Waals surface area contributed by atoms with Crippen LogP contribution in [0.3, 0.4) is 0 Å². The number of hydrogen-bond acceptors (Lipinski definition) is 7. The lowest BCUT2D eigenvalue weighted by Crippen LogP contribution is -2.06. The molecule has 0 aromatic carbocycles. The number of hydrogen-bond donors (Lipinski definition) is 0. The molecule has 6 nitrogen and oxygen atoms in total. The molecular weight excluding hydrogens is 287 g/mol. The van der Waals surface area contributed by atoms with E-state index < -0.39 is 7.60 Å². The van der Waals surface area contributed by atoms with E-state index in [0.717, 1.165) is 0 Å². The molecule has 0 saturated carbocycles. The zero-order chi connectivity index (χ0) is 14.6. The number of aromatic nitrogens is 2. The van der Waals surface area contributed by atoms with E-state index in [9.17, 15) is 4.57 Å². The maximum atomic E-state index is 12.2. The topological polar surface area (TPSA) is 70.5 Å². The van der Waals surface area contributed by atoms with Crippen LogP contribution in [0.1, 0.15) is 32.5 Å². The molecule has 0 saturated heterocycles. The van der Waals surface area contributed by atoms with Gasteiger partial charge in [-0.2, -0.15) is 9.97 Å². The second-order valence-electron chi connectivity index (χ2n) is 4.05. The smallest absolute Gasteiger partial charge is 0.418 e. The van der Waals surface area contributed by atoms with Crippen LogP contribution in [-0.4, -0.2) is 28.8 Å². The normalized spacial score (nSPS) is 14.0. The first-order chi connectivity index (χ1) is 8.82. The molecule has 0 spiro atoms. The van der Waals surface area contributed by atoms with Gasteiger partial charge in [0.1, 0.15) is 10.4 Å². The average molecular weight is 304 g/mol. The summed E-state index contributed by atoms with van der Waals surface area (Å²) in [5, 5.41) is 0. The quantitative estimate of drug-likeness (QED) is 0.590. The Labute approximate surface area is 118 Å². The van der Waals surface area contributed by atoms with E-state index in [2.05, 4.69) is 9.97 Å². The molecular formula is C11H17N2O4PS. The summed E-state index contributed by atoms with van der Waals surface area (Å²) >= 11 is 4.89. The number of ether oxygens (including phenoxy) is 1.